The Morgan fingerprint density at radius 1 is 0.473 bits per heavy atom. The van der Waals surface area contributed by atoms with E-state index in [9.17, 15) is 19.8 Å². The molecule has 6 heteroatoms. The van der Waals surface area contributed by atoms with Crippen molar-refractivity contribution in [1.82, 2.24) is 0 Å². The molecule has 0 spiro atoms. The Bertz CT molecular complexity index is 1730. The number of esters is 2. The molecule has 8 rings (SSSR count). The molecule has 0 unspecified atom stereocenters. The average Bonchev–Trinajstić information content (AvgIpc) is 3.68. The summed E-state index contributed by atoms with van der Waals surface area (Å²) in [6, 6.07) is 34.8. The summed E-state index contributed by atoms with van der Waals surface area (Å²) in [5.41, 5.74) is 8.70. The molecule has 2 fully saturated rings. The Kier molecular flexibility index (Phi) is 11.3. The fourth-order valence-corrected chi connectivity index (χ4v) is 10.8. The molecule has 55 heavy (non-hydrogen) atoms. The van der Waals surface area contributed by atoms with Crippen LogP contribution < -0.4 is 0 Å². The van der Waals surface area contributed by atoms with Gasteiger partial charge in [0.2, 0.25) is 0 Å². The van der Waals surface area contributed by atoms with Gasteiger partial charge < -0.3 is 19.7 Å². The number of fused-ring (bicyclic) bond motifs is 6. The van der Waals surface area contributed by atoms with Crippen LogP contribution in [0.25, 0.3) is 22.3 Å². The smallest absolute Gasteiger partial charge is 0.305 e. The summed E-state index contributed by atoms with van der Waals surface area (Å²) in [6.45, 7) is 1.35. The van der Waals surface area contributed by atoms with E-state index in [0.717, 1.165) is 51.4 Å². The van der Waals surface area contributed by atoms with E-state index < -0.39 is 10.8 Å². The van der Waals surface area contributed by atoms with Crippen LogP contribution >= 0.6 is 0 Å². The zero-order valence-electron chi connectivity index (χ0n) is 32.1. The highest BCUT2D eigenvalue weighted by Crippen LogP contribution is 2.62. The highest BCUT2D eigenvalue weighted by atomic mass is 16.5. The fourth-order valence-electron chi connectivity index (χ4n) is 10.8. The second kappa shape index (κ2) is 16.5. The molecule has 0 aliphatic heterocycles. The number of hydrogen-bond donors (Lipinski definition) is 2. The number of carbonyl (C=O) groups excluding carboxylic acids is 2. The predicted octanol–water partition coefficient (Wildman–Crippen LogP) is 9.55. The van der Waals surface area contributed by atoms with Crippen LogP contribution in [-0.2, 0) is 29.9 Å². The zero-order chi connectivity index (χ0) is 37.8. The fraction of sp³-hybridized carbons (Fsp3) is 0.469. The lowest BCUT2D eigenvalue weighted by molar-refractivity contribution is -0.146. The topological polar surface area (TPSA) is 93.1 Å². The van der Waals surface area contributed by atoms with E-state index in [2.05, 4.69) is 97.1 Å². The first-order valence-corrected chi connectivity index (χ1v) is 20.9. The molecule has 0 bridgehead atoms. The summed E-state index contributed by atoms with van der Waals surface area (Å²) in [5.74, 6) is 1.10. The minimum absolute atomic E-state index is 0.164. The van der Waals surface area contributed by atoms with Crippen molar-refractivity contribution in [3.63, 3.8) is 0 Å². The Morgan fingerprint density at radius 2 is 0.764 bits per heavy atom. The molecular formula is C49H56O6. The van der Waals surface area contributed by atoms with Gasteiger partial charge in [0.15, 0.2) is 0 Å². The first kappa shape index (κ1) is 37.7. The van der Waals surface area contributed by atoms with Gasteiger partial charge >= 0.3 is 11.9 Å². The maximum atomic E-state index is 13.8. The van der Waals surface area contributed by atoms with Crippen LogP contribution in [0.1, 0.15) is 106 Å². The molecular weight excluding hydrogens is 685 g/mol. The van der Waals surface area contributed by atoms with E-state index >= 15 is 0 Å². The van der Waals surface area contributed by atoms with E-state index in [-0.39, 0.29) is 38.0 Å². The molecule has 0 saturated heterocycles. The minimum Gasteiger partial charge on any atom is -0.465 e. The maximum Gasteiger partial charge on any atom is 0.305 e. The SMILES string of the molecule is O=C(CCC1(CC2(CCC(=O)OCC3CCC(CO)CC3)c3ccccc3-c3ccccc32)c2ccccc2-c2ccccc21)OCC1CCC(CO)CC1. The summed E-state index contributed by atoms with van der Waals surface area (Å²) in [4.78, 5) is 27.5. The summed E-state index contributed by atoms with van der Waals surface area (Å²) in [6.07, 6.45) is 10.3. The van der Waals surface area contributed by atoms with Crippen LogP contribution in [0.3, 0.4) is 0 Å². The van der Waals surface area contributed by atoms with Gasteiger partial charge in [-0.1, -0.05) is 97.1 Å². The van der Waals surface area contributed by atoms with Crippen LogP contribution in [-0.4, -0.2) is 48.6 Å². The van der Waals surface area contributed by atoms with Crippen LogP contribution in [0.2, 0.25) is 0 Å². The van der Waals surface area contributed by atoms with Crippen LogP contribution in [0, 0.1) is 23.7 Å². The molecule has 0 radical (unpaired) electrons. The highest BCUT2D eigenvalue weighted by Gasteiger charge is 2.53. The highest BCUT2D eigenvalue weighted by molar-refractivity contribution is 5.85. The lowest BCUT2D eigenvalue weighted by Crippen LogP contribution is -2.39. The third-order valence-corrected chi connectivity index (χ3v) is 13.9. The quantitative estimate of drug-likeness (QED) is 0.125. The second-order valence-corrected chi connectivity index (χ2v) is 17.0. The van der Waals surface area contributed by atoms with E-state index in [4.69, 9.17) is 9.47 Å². The molecule has 4 aliphatic rings. The van der Waals surface area contributed by atoms with Gasteiger partial charge in [-0.2, -0.15) is 0 Å². The van der Waals surface area contributed by atoms with Gasteiger partial charge in [-0.3, -0.25) is 9.59 Å². The van der Waals surface area contributed by atoms with Crippen molar-refractivity contribution < 1.29 is 29.3 Å². The summed E-state index contributed by atoms with van der Waals surface area (Å²) in [5, 5.41) is 19.2. The van der Waals surface area contributed by atoms with Gasteiger partial charge in [0, 0.05) is 36.9 Å². The van der Waals surface area contributed by atoms with Gasteiger partial charge in [0.25, 0.3) is 0 Å². The molecule has 288 valence electrons. The number of rotatable bonds is 14. The largest absolute Gasteiger partial charge is 0.465 e. The average molecular weight is 741 g/mol. The summed E-state index contributed by atoms with van der Waals surface area (Å²) >= 11 is 0. The Labute approximate surface area is 326 Å². The normalized spacial score (nSPS) is 22.9. The molecule has 0 heterocycles. The van der Waals surface area contributed by atoms with Crippen molar-refractivity contribution in [3.05, 3.63) is 119 Å². The lowest BCUT2D eigenvalue weighted by Gasteiger charge is -2.43. The van der Waals surface area contributed by atoms with Crippen molar-refractivity contribution in [2.75, 3.05) is 26.4 Å². The third kappa shape index (κ3) is 7.40. The van der Waals surface area contributed by atoms with E-state index in [1.165, 1.54) is 44.5 Å². The first-order valence-electron chi connectivity index (χ1n) is 20.9. The molecule has 0 atom stereocenters. The zero-order valence-corrected chi connectivity index (χ0v) is 32.1. The monoisotopic (exact) mass is 740 g/mol. The second-order valence-electron chi connectivity index (χ2n) is 17.0. The van der Waals surface area contributed by atoms with E-state index in [0.29, 0.717) is 56.1 Å². The maximum absolute atomic E-state index is 13.8. The molecule has 4 aromatic rings. The number of benzene rings is 4. The van der Waals surface area contributed by atoms with Crippen LogP contribution in [0.4, 0.5) is 0 Å². The van der Waals surface area contributed by atoms with Crippen molar-refractivity contribution in [3.8, 4) is 22.3 Å². The molecule has 4 aliphatic carbocycles. The van der Waals surface area contributed by atoms with Crippen molar-refractivity contribution in [1.29, 1.82) is 0 Å². The van der Waals surface area contributed by atoms with Crippen molar-refractivity contribution in [2.24, 2.45) is 23.7 Å². The standard InChI is InChI=1S/C49H56O6/c50-29-34-17-21-36(22-18-34)31-54-46(52)25-27-48(42-13-5-1-9-38(42)39-10-2-6-14-43(39)48)33-49(28-26-47(53)55-32-37-23-19-35(30-51)20-24-37)44-15-7-3-11-40(44)41-12-4-8-16-45(41)49/h1-16,34-37,50-51H,17-33H2. The minimum atomic E-state index is -0.523. The first-order chi connectivity index (χ1) is 26.9. The molecule has 6 nitrogen and oxygen atoms in total. The Balaban J connectivity index is 1.12. The molecule has 4 aromatic carbocycles. The summed E-state index contributed by atoms with van der Waals surface area (Å²) < 4.78 is 12.1. The van der Waals surface area contributed by atoms with Crippen LogP contribution in [0.5, 0.6) is 0 Å². The van der Waals surface area contributed by atoms with Gasteiger partial charge in [0.1, 0.15) is 0 Å². The van der Waals surface area contributed by atoms with Crippen molar-refractivity contribution in [2.45, 2.75) is 94.3 Å². The van der Waals surface area contributed by atoms with Gasteiger partial charge in [-0.25, -0.2) is 0 Å². The van der Waals surface area contributed by atoms with E-state index in [1.807, 2.05) is 0 Å². The molecule has 2 saturated carbocycles. The van der Waals surface area contributed by atoms with Gasteiger partial charge in [0.05, 0.1) is 13.2 Å². The lowest BCUT2D eigenvalue weighted by atomic mass is 9.60. The molecule has 0 aromatic heterocycles. The number of aliphatic hydroxyl groups is 2. The third-order valence-electron chi connectivity index (χ3n) is 13.9. The van der Waals surface area contributed by atoms with E-state index in [1.54, 1.807) is 0 Å². The van der Waals surface area contributed by atoms with Crippen LogP contribution in [0.15, 0.2) is 97.1 Å². The van der Waals surface area contributed by atoms with Gasteiger partial charge in [-0.05, 0) is 139 Å². The number of carbonyl (C=O) groups is 2. The number of aliphatic hydroxyl groups excluding tert-OH is 2. The number of hydrogen-bond acceptors (Lipinski definition) is 6. The Hall–Kier alpha value is -4.26. The van der Waals surface area contributed by atoms with Gasteiger partial charge in [-0.15, -0.1) is 0 Å². The predicted molar refractivity (Wildman–Crippen MR) is 215 cm³/mol. The molecule has 2 N–H and O–H groups in total. The van der Waals surface area contributed by atoms with Crippen molar-refractivity contribution >= 4 is 11.9 Å². The molecule has 0 amide bonds. The Morgan fingerprint density at radius 3 is 1.07 bits per heavy atom. The summed E-state index contributed by atoms with van der Waals surface area (Å²) in [7, 11) is 0. The number of ether oxygens (including phenoxy) is 2.